The Morgan fingerprint density at radius 3 is 2.50 bits per heavy atom. The molecule has 0 saturated carbocycles. The number of benzene rings is 1. The van der Waals surface area contributed by atoms with Crippen LogP contribution in [0.15, 0.2) is 33.9 Å². The minimum absolute atomic E-state index is 0.308. The molecule has 0 radical (unpaired) electrons. The number of halogens is 1. The SMILES string of the molecule is O=c1[nH]c2c(c(=O)[nH]1)C(c1ccc(Cl)cc1)NC(=S)N2. The fourth-order valence-corrected chi connectivity index (χ4v) is 2.47. The van der Waals surface area contributed by atoms with Crippen LogP contribution in [0.2, 0.25) is 5.02 Å². The van der Waals surface area contributed by atoms with E-state index in [1.807, 2.05) is 0 Å². The number of anilines is 1. The molecule has 1 aromatic heterocycles. The van der Waals surface area contributed by atoms with Crippen molar-refractivity contribution in [3.63, 3.8) is 0 Å². The molecule has 0 aliphatic carbocycles. The van der Waals surface area contributed by atoms with E-state index in [2.05, 4.69) is 20.6 Å². The molecule has 0 bridgehead atoms. The second kappa shape index (κ2) is 4.77. The van der Waals surface area contributed by atoms with Gasteiger partial charge in [-0.3, -0.25) is 14.8 Å². The van der Waals surface area contributed by atoms with Crippen LogP contribution in [0, 0.1) is 0 Å². The van der Waals surface area contributed by atoms with Crippen LogP contribution in [0.25, 0.3) is 0 Å². The Labute approximate surface area is 123 Å². The highest BCUT2D eigenvalue weighted by Crippen LogP contribution is 2.27. The van der Waals surface area contributed by atoms with Crippen molar-refractivity contribution in [3.8, 4) is 0 Å². The standard InChI is InChI=1S/C12H9ClN4O2S/c13-6-3-1-5(2-4-6)8-7-9(16-12(20)14-8)15-11(19)17-10(7)18/h1-4,8H,(H4,14,15,16,17,18,19,20). The van der Waals surface area contributed by atoms with E-state index in [0.29, 0.717) is 21.5 Å². The molecule has 2 aromatic rings. The highest BCUT2D eigenvalue weighted by Gasteiger charge is 2.27. The van der Waals surface area contributed by atoms with E-state index in [4.69, 9.17) is 23.8 Å². The topological polar surface area (TPSA) is 89.8 Å². The van der Waals surface area contributed by atoms with Gasteiger partial charge in [0.05, 0.1) is 11.6 Å². The normalized spacial score (nSPS) is 17.1. The number of hydrogen-bond donors (Lipinski definition) is 4. The fraction of sp³-hybridized carbons (Fsp3) is 0.0833. The Balaban J connectivity index is 2.19. The van der Waals surface area contributed by atoms with Gasteiger partial charge in [-0.15, -0.1) is 0 Å². The number of hydrogen-bond acceptors (Lipinski definition) is 3. The summed E-state index contributed by atoms with van der Waals surface area (Å²) in [6, 6.07) is 6.59. The number of nitrogens with one attached hydrogen (secondary N) is 4. The van der Waals surface area contributed by atoms with Gasteiger partial charge in [0.1, 0.15) is 5.82 Å². The van der Waals surface area contributed by atoms with Crippen molar-refractivity contribution >= 4 is 34.7 Å². The first kappa shape index (κ1) is 12.9. The van der Waals surface area contributed by atoms with E-state index < -0.39 is 17.3 Å². The highest BCUT2D eigenvalue weighted by molar-refractivity contribution is 7.80. The summed E-state index contributed by atoms with van der Waals surface area (Å²) in [6.07, 6.45) is 0. The number of thiocarbonyl (C=S) groups is 1. The van der Waals surface area contributed by atoms with Gasteiger partial charge in [0, 0.05) is 5.02 Å². The summed E-state index contributed by atoms with van der Waals surface area (Å²) in [5.74, 6) is 0.308. The fourth-order valence-electron chi connectivity index (χ4n) is 2.13. The Hall–Kier alpha value is -2.12. The molecular formula is C12H9ClN4O2S. The van der Waals surface area contributed by atoms with Crippen molar-refractivity contribution < 1.29 is 0 Å². The molecule has 1 aliphatic heterocycles. The van der Waals surface area contributed by atoms with Crippen LogP contribution in [0.4, 0.5) is 5.82 Å². The first-order valence-corrected chi connectivity index (χ1v) is 6.52. The van der Waals surface area contributed by atoms with E-state index >= 15 is 0 Å². The molecule has 102 valence electrons. The number of rotatable bonds is 1. The van der Waals surface area contributed by atoms with Gasteiger partial charge in [0.15, 0.2) is 5.11 Å². The van der Waals surface area contributed by atoms with Gasteiger partial charge in [0.25, 0.3) is 5.56 Å². The van der Waals surface area contributed by atoms with Crippen molar-refractivity contribution in [2.24, 2.45) is 0 Å². The second-order valence-electron chi connectivity index (χ2n) is 4.28. The first-order chi connectivity index (χ1) is 9.54. The van der Waals surface area contributed by atoms with Crippen molar-refractivity contribution in [1.82, 2.24) is 15.3 Å². The zero-order chi connectivity index (χ0) is 14.3. The lowest BCUT2D eigenvalue weighted by atomic mass is 9.99. The molecule has 20 heavy (non-hydrogen) atoms. The molecule has 6 nitrogen and oxygen atoms in total. The summed E-state index contributed by atoms with van der Waals surface area (Å²) in [5.41, 5.74) is 0.143. The van der Waals surface area contributed by atoms with E-state index in [-0.39, 0.29) is 0 Å². The number of H-pyrrole nitrogens is 2. The number of aromatic nitrogens is 2. The van der Waals surface area contributed by atoms with Gasteiger partial charge in [-0.2, -0.15) is 0 Å². The maximum Gasteiger partial charge on any atom is 0.327 e. The molecule has 1 aromatic carbocycles. The van der Waals surface area contributed by atoms with Crippen LogP contribution < -0.4 is 21.9 Å². The van der Waals surface area contributed by atoms with Crippen LogP contribution in [-0.2, 0) is 0 Å². The molecule has 2 heterocycles. The Morgan fingerprint density at radius 1 is 1.10 bits per heavy atom. The molecule has 1 unspecified atom stereocenters. The van der Waals surface area contributed by atoms with Crippen molar-refractivity contribution in [1.29, 1.82) is 0 Å². The van der Waals surface area contributed by atoms with E-state index in [0.717, 1.165) is 5.56 Å². The maximum absolute atomic E-state index is 12.0. The molecule has 0 saturated heterocycles. The summed E-state index contributed by atoms with van der Waals surface area (Å²) in [4.78, 5) is 28.1. The highest BCUT2D eigenvalue weighted by atomic mass is 35.5. The lowest BCUT2D eigenvalue weighted by molar-refractivity contribution is 0.731. The number of fused-ring (bicyclic) bond motifs is 1. The average molecular weight is 309 g/mol. The largest absolute Gasteiger partial charge is 0.351 e. The lowest BCUT2D eigenvalue weighted by Gasteiger charge is -2.27. The molecule has 8 heteroatoms. The van der Waals surface area contributed by atoms with Gasteiger partial charge >= 0.3 is 5.69 Å². The van der Waals surface area contributed by atoms with Crippen molar-refractivity contribution in [2.75, 3.05) is 5.32 Å². The smallest absolute Gasteiger partial charge is 0.327 e. The van der Waals surface area contributed by atoms with Gasteiger partial charge in [-0.25, -0.2) is 4.79 Å². The second-order valence-corrected chi connectivity index (χ2v) is 5.12. The average Bonchev–Trinajstić information content (AvgIpc) is 2.37. The summed E-state index contributed by atoms with van der Waals surface area (Å²) in [6.45, 7) is 0. The third-order valence-corrected chi connectivity index (χ3v) is 3.46. The van der Waals surface area contributed by atoms with Crippen molar-refractivity contribution in [3.05, 3.63) is 61.3 Å². The Morgan fingerprint density at radius 2 is 1.80 bits per heavy atom. The summed E-state index contributed by atoms with van der Waals surface area (Å²) < 4.78 is 0. The van der Waals surface area contributed by atoms with Crippen LogP contribution in [0.1, 0.15) is 17.2 Å². The van der Waals surface area contributed by atoms with Gasteiger partial charge in [0.2, 0.25) is 0 Å². The van der Waals surface area contributed by atoms with E-state index in [9.17, 15) is 9.59 Å². The van der Waals surface area contributed by atoms with Crippen LogP contribution in [0.5, 0.6) is 0 Å². The molecule has 1 aliphatic rings. The van der Waals surface area contributed by atoms with Gasteiger partial charge in [-0.05, 0) is 29.9 Å². The first-order valence-electron chi connectivity index (χ1n) is 5.74. The van der Waals surface area contributed by atoms with E-state index in [1.54, 1.807) is 24.3 Å². The third kappa shape index (κ3) is 2.21. The molecular weight excluding hydrogens is 300 g/mol. The van der Waals surface area contributed by atoms with E-state index in [1.165, 1.54) is 0 Å². The van der Waals surface area contributed by atoms with Gasteiger partial charge < -0.3 is 10.6 Å². The summed E-state index contributed by atoms with van der Waals surface area (Å²) in [7, 11) is 0. The lowest BCUT2D eigenvalue weighted by Crippen LogP contribution is -2.44. The zero-order valence-corrected chi connectivity index (χ0v) is 11.6. The minimum Gasteiger partial charge on any atom is -0.351 e. The molecule has 0 amide bonds. The summed E-state index contributed by atoms with van der Waals surface area (Å²) >= 11 is 10.9. The minimum atomic E-state index is -0.583. The summed E-state index contributed by atoms with van der Waals surface area (Å²) in [5, 5.41) is 6.71. The van der Waals surface area contributed by atoms with Crippen LogP contribution in [0.3, 0.4) is 0 Å². The van der Waals surface area contributed by atoms with Crippen LogP contribution >= 0.6 is 23.8 Å². The molecule has 3 rings (SSSR count). The number of aromatic amines is 2. The predicted octanol–water partition coefficient (Wildman–Crippen LogP) is 1.11. The van der Waals surface area contributed by atoms with Crippen molar-refractivity contribution in [2.45, 2.75) is 6.04 Å². The maximum atomic E-state index is 12.0. The quantitative estimate of drug-likeness (QED) is 0.593. The molecule has 0 fully saturated rings. The Kier molecular flexibility index (Phi) is 3.07. The molecule has 1 atom stereocenters. The van der Waals surface area contributed by atoms with Crippen LogP contribution in [-0.4, -0.2) is 15.1 Å². The molecule has 4 N–H and O–H groups in total. The van der Waals surface area contributed by atoms with Gasteiger partial charge in [-0.1, -0.05) is 23.7 Å². The monoisotopic (exact) mass is 308 g/mol. The predicted molar refractivity (Wildman–Crippen MR) is 80.3 cm³/mol. The Bertz CT molecular complexity index is 796. The zero-order valence-electron chi connectivity index (χ0n) is 9.99. The molecule has 0 spiro atoms. The third-order valence-electron chi connectivity index (χ3n) is 2.99.